The maximum atomic E-state index is 12.3. The molecule has 4 nitrogen and oxygen atoms in total. The Morgan fingerprint density at radius 2 is 2.10 bits per heavy atom. The van der Waals surface area contributed by atoms with Crippen molar-refractivity contribution < 1.29 is 14.6 Å². The molecule has 0 radical (unpaired) electrons. The Morgan fingerprint density at radius 1 is 1.45 bits per heavy atom. The quantitative estimate of drug-likeness (QED) is 0.773. The smallest absolute Gasteiger partial charge is 0.176 e. The highest BCUT2D eigenvalue weighted by atomic mass is 79.9. The van der Waals surface area contributed by atoms with Crippen molar-refractivity contribution in [1.29, 1.82) is 0 Å². The van der Waals surface area contributed by atoms with Crippen molar-refractivity contribution in [2.24, 2.45) is 0 Å². The number of ketones is 1. The van der Waals surface area contributed by atoms with Crippen LogP contribution < -0.4 is 4.74 Å². The molecule has 0 bridgehead atoms. The molecule has 0 aliphatic heterocycles. The Bertz CT molecular complexity index is 469. The molecule has 0 aromatic heterocycles. The summed E-state index contributed by atoms with van der Waals surface area (Å²) in [5, 5.41) is 9.84. The van der Waals surface area contributed by atoms with Crippen molar-refractivity contribution in [3.63, 3.8) is 0 Å². The summed E-state index contributed by atoms with van der Waals surface area (Å²) in [6, 6.07) is 5.28. The van der Waals surface area contributed by atoms with Gasteiger partial charge in [-0.3, -0.25) is 9.69 Å². The van der Waals surface area contributed by atoms with E-state index in [0.717, 1.165) is 4.47 Å². The second-order valence-electron chi connectivity index (χ2n) is 5.39. The number of benzene rings is 1. The van der Waals surface area contributed by atoms with E-state index < -0.39 is 5.60 Å². The molecule has 1 aromatic rings. The zero-order chi connectivity index (χ0) is 15.3. The third-order valence-electron chi connectivity index (χ3n) is 2.90. The van der Waals surface area contributed by atoms with Crippen molar-refractivity contribution in [2.45, 2.75) is 26.4 Å². The number of hydrogen-bond acceptors (Lipinski definition) is 4. The molecule has 112 valence electrons. The van der Waals surface area contributed by atoms with Crippen LogP contribution in [-0.4, -0.2) is 48.1 Å². The summed E-state index contributed by atoms with van der Waals surface area (Å²) in [6.07, 6.45) is 0. The Kier molecular flexibility index (Phi) is 6.17. The van der Waals surface area contributed by atoms with E-state index in [1.807, 2.05) is 11.8 Å². The van der Waals surface area contributed by atoms with Gasteiger partial charge >= 0.3 is 0 Å². The van der Waals surface area contributed by atoms with Gasteiger partial charge in [-0.15, -0.1) is 0 Å². The van der Waals surface area contributed by atoms with E-state index in [0.29, 0.717) is 30.9 Å². The fraction of sp³-hybridized carbons (Fsp3) is 0.533. The minimum Gasteiger partial charge on any atom is -0.496 e. The van der Waals surface area contributed by atoms with Gasteiger partial charge < -0.3 is 9.84 Å². The first-order valence-corrected chi connectivity index (χ1v) is 7.37. The normalized spacial score (nSPS) is 11.8. The SMILES string of the molecule is CCN(CC(=O)c1ccc(OC)c(Br)c1)CC(C)(C)O. The van der Waals surface area contributed by atoms with Crippen LogP contribution in [0.2, 0.25) is 0 Å². The molecule has 5 heteroatoms. The maximum absolute atomic E-state index is 12.3. The zero-order valence-electron chi connectivity index (χ0n) is 12.4. The first-order chi connectivity index (χ1) is 9.26. The number of halogens is 1. The maximum Gasteiger partial charge on any atom is 0.176 e. The van der Waals surface area contributed by atoms with E-state index in [2.05, 4.69) is 15.9 Å². The number of nitrogens with zero attached hydrogens (tertiary/aromatic N) is 1. The van der Waals surface area contributed by atoms with Gasteiger partial charge in [0.1, 0.15) is 5.75 Å². The summed E-state index contributed by atoms with van der Waals surface area (Å²) in [6.45, 7) is 6.93. The molecular formula is C15H22BrNO3. The van der Waals surface area contributed by atoms with E-state index in [1.54, 1.807) is 39.2 Å². The van der Waals surface area contributed by atoms with Gasteiger partial charge in [0.15, 0.2) is 5.78 Å². The number of Topliss-reactive ketones (excluding diaryl/α,β-unsaturated/α-hetero) is 1. The second kappa shape index (κ2) is 7.20. The Balaban J connectivity index is 2.77. The molecule has 0 aliphatic rings. The number of carbonyl (C=O) groups is 1. The predicted octanol–water partition coefficient (Wildman–Crippen LogP) is 2.73. The van der Waals surface area contributed by atoms with Gasteiger partial charge in [0.2, 0.25) is 0 Å². The van der Waals surface area contributed by atoms with Crippen LogP contribution in [0.1, 0.15) is 31.1 Å². The second-order valence-corrected chi connectivity index (χ2v) is 6.24. The predicted molar refractivity (Wildman–Crippen MR) is 83.4 cm³/mol. The lowest BCUT2D eigenvalue weighted by molar-refractivity contribution is 0.0376. The average molecular weight is 344 g/mol. The minimum absolute atomic E-state index is 0.0273. The summed E-state index contributed by atoms with van der Waals surface area (Å²) in [7, 11) is 1.59. The monoisotopic (exact) mass is 343 g/mol. The first kappa shape index (κ1) is 17.1. The summed E-state index contributed by atoms with van der Waals surface area (Å²) >= 11 is 3.38. The molecule has 0 heterocycles. The first-order valence-electron chi connectivity index (χ1n) is 6.58. The summed E-state index contributed by atoms with van der Waals surface area (Å²) < 4.78 is 5.91. The van der Waals surface area contributed by atoms with Crippen molar-refractivity contribution in [2.75, 3.05) is 26.7 Å². The highest BCUT2D eigenvalue weighted by Gasteiger charge is 2.20. The van der Waals surface area contributed by atoms with Crippen LogP contribution in [0.15, 0.2) is 22.7 Å². The van der Waals surface area contributed by atoms with E-state index in [1.165, 1.54) is 0 Å². The molecule has 0 aliphatic carbocycles. The lowest BCUT2D eigenvalue weighted by Crippen LogP contribution is -2.41. The van der Waals surface area contributed by atoms with E-state index in [4.69, 9.17) is 4.74 Å². The number of likely N-dealkylation sites (N-methyl/N-ethyl adjacent to an activating group) is 1. The number of carbonyl (C=O) groups excluding carboxylic acids is 1. The van der Waals surface area contributed by atoms with Gasteiger partial charge in [0.25, 0.3) is 0 Å². The molecule has 0 spiro atoms. The minimum atomic E-state index is -0.809. The van der Waals surface area contributed by atoms with Crippen LogP contribution in [0.3, 0.4) is 0 Å². The average Bonchev–Trinajstić information content (AvgIpc) is 2.36. The Morgan fingerprint density at radius 3 is 2.55 bits per heavy atom. The molecule has 0 amide bonds. The highest BCUT2D eigenvalue weighted by molar-refractivity contribution is 9.10. The molecule has 0 atom stereocenters. The van der Waals surface area contributed by atoms with Crippen LogP contribution in [0.4, 0.5) is 0 Å². The van der Waals surface area contributed by atoms with Crippen LogP contribution in [0.25, 0.3) is 0 Å². The number of rotatable bonds is 7. The number of aliphatic hydroxyl groups is 1. The largest absolute Gasteiger partial charge is 0.496 e. The topological polar surface area (TPSA) is 49.8 Å². The lowest BCUT2D eigenvalue weighted by atomic mass is 10.1. The highest BCUT2D eigenvalue weighted by Crippen LogP contribution is 2.25. The number of methoxy groups -OCH3 is 1. The van der Waals surface area contributed by atoms with Crippen molar-refractivity contribution >= 4 is 21.7 Å². The molecule has 1 rings (SSSR count). The zero-order valence-corrected chi connectivity index (χ0v) is 14.0. The fourth-order valence-corrected chi connectivity index (χ4v) is 2.50. The standard InChI is InChI=1S/C15H22BrNO3/c1-5-17(10-15(2,3)19)9-13(18)11-6-7-14(20-4)12(16)8-11/h6-8,19H,5,9-10H2,1-4H3. The Labute approximate surface area is 128 Å². The van der Waals surface area contributed by atoms with Gasteiger partial charge in [-0.05, 0) is 54.5 Å². The summed E-state index contributed by atoms with van der Waals surface area (Å²) in [5.41, 5.74) is -0.177. The number of hydrogen-bond donors (Lipinski definition) is 1. The van der Waals surface area contributed by atoms with Gasteiger partial charge in [-0.1, -0.05) is 6.92 Å². The molecule has 1 aromatic carbocycles. The summed E-state index contributed by atoms with van der Waals surface area (Å²) in [4.78, 5) is 14.2. The fourth-order valence-electron chi connectivity index (χ4n) is 1.96. The van der Waals surface area contributed by atoms with Crippen molar-refractivity contribution in [3.8, 4) is 5.75 Å². The molecule has 20 heavy (non-hydrogen) atoms. The molecule has 1 N–H and O–H groups in total. The third-order valence-corrected chi connectivity index (χ3v) is 3.52. The van der Waals surface area contributed by atoms with E-state index in [-0.39, 0.29) is 5.78 Å². The van der Waals surface area contributed by atoms with Crippen molar-refractivity contribution in [3.05, 3.63) is 28.2 Å². The molecule has 0 unspecified atom stereocenters. The van der Waals surface area contributed by atoms with Crippen LogP contribution in [0.5, 0.6) is 5.75 Å². The van der Waals surface area contributed by atoms with Gasteiger partial charge in [-0.2, -0.15) is 0 Å². The van der Waals surface area contributed by atoms with Gasteiger partial charge in [0, 0.05) is 12.1 Å². The lowest BCUT2D eigenvalue weighted by Gasteiger charge is -2.27. The van der Waals surface area contributed by atoms with Crippen molar-refractivity contribution in [1.82, 2.24) is 4.90 Å². The van der Waals surface area contributed by atoms with Gasteiger partial charge in [0.05, 0.1) is 23.7 Å². The Hall–Kier alpha value is -0.910. The molecule has 0 saturated heterocycles. The van der Waals surface area contributed by atoms with Crippen LogP contribution in [0, 0.1) is 0 Å². The molecule has 0 saturated carbocycles. The van der Waals surface area contributed by atoms with E-state index >= 15 is 0 Å². The van der Waals surface area contributed by atoms with E-state index in [9.17, 15) is 9.90 Å². The molecular weight excluding hydrogens is 322 g/mol. The third kappa shape index (κ3) is 5.23. The van der Waals surface area contributed by atoms with Crippen LogP contribution >= 0.6 is 15.9 Å². The molecule has 0 fully saturated rings. The number of ether oxygens (including phenoxy) is 1. The van der Waals surface area contributed by atoms with Gasteiger partial charge in [-0.25, -0.2) is 0 Å². The van der Waals surface area contributed by atoms with Crippen LogP contribution in [-0.2, 0) is 0 Å². The summed E-state index contributed by atoms with van der Waals surface area (Å²) in [5.74, 6) is 0.727.